The molecule has 0 aromatic heterocycles. The number of nitrogens with one attached hydrogen (secondary N) is 2. The molecule has 0 saturated heterocycles. The fourth-order valence-corrected chi connectivity index (χ4v) is 1.70. The molecule has 0 saturated carbocycles. The summed E-state index contributed by atoms with van der Waals surface area (Å²) in [5, 5.41) is 15.1. The lowest BCUT2D eigenvalue weighted by Crippen LogP contribution is -2.28. The second-order valence-corrected chi connectivity index (χ2v) is 4.24. The maximum atomic E-state index is 8.63. The maximum Gasteiger partial charge on any atom is 0.161 e. The van der Waals surface area contributed by atoms with Crippen molar-refractivity contribution in [1.29, 1.82) is 0 Å². The van der Waals surface area contributed by atoms with Crippen LogP contribution >= 0.6 is 0 Å². The molecule has 0 aliphatic heterocycles. The highest BCUT2D eigenvalue weighted by Gasteiger charge is 2.05. The van der Waals surface area contributed by atoms with E-state index >= 15 is 0 Å². The van der Waals surface area contributed by atoms with Gasteiger partial charge in [0.25, 0.3) is 0 Å². The second-order valence-electron chi connectivity index (χ2n) is 4.24. The van der Waals surface area contributed by atoms with Crippen LogP contribution in [0.5, 0.6) is 11.5 Å². The Morgan fingerprint density at radius 3 is 2.70 bits per heavy atom. The average molecular weight is 280 g/mol. The Hall–Kier alpha value is -1.56. The molecule has 20 heavy (non-hydrogen) atoms. The van der Waals surface area contributed by atoms with E-state index in [9.17, 15) is 0 Å². The minimum Gasteiger partial charge on any atom is -0.493 e. The first-order valence-corrected chi connectivity index (χ1v) is 6.74. The predicted molar refractivity (Wildman–Crippen MR) is 80.3 cm³/mol. The molecule has 5 heteroatoms. The molecule has 0 aliphatic rings. The van der Waals surface area contributed by atoms with Crippen LogP contribution in [0, 0.1) is 0 Å². The summed E-state index contributed by atoms with van der Waals surface area (Å²) in [5.74, 6) is 1.45. The second kappa shape index (κ2) is 10.3. The molecule has 0 aliphatic carbocycles. The first-order chi connectivity index (χ1) is 9.81. The summed E-state index contributed by atoms with van der Waals surface area (Å²) < 4.78 is 10.8. The van der Waals surface area contributed by atoms with Crippen molar-refractivity contribution in [3.05, 3.63) is 36.4 Å². The standard InChI is InChI=1S/C15H24N2O3/c1-3-10-20-14-5-4-13(11-15(14)19-2)12-17-7-6-16-8-9-18/h3-5,11,16-18H,1,6-10,12H2,2H3. The zero-order valence-corrected chi connectivity index (χ0v) is 12.0. The lowest BCUT2D eigenvalue weighted by Gasteiger charge is -2.11. The molecule has 0 atom stereocenters. The third-order valence-electron chi connectivity index (χ3n) is 2.68. The molecular weight excluding hydrogens is 256 g/mol. The Morgan fingerprint density at radius 1 is 1.20 bits per heavy atom. The predicted octanol–water partition coefficient (Wildman–Crippen LogP) is 0.931. The van der Waals surface area contributed by atoms with Crippen LogP contribution in [0.2, 0.25) is 0 Å². The van der Waals surface area contributed by atoms with Crippen molar-refractivity contribution in [2.24, 2.45) is 0 Å². The van der Waals surface area contributed by atoms with Gasteiger partial charge in [0, 0.05) is 26.2 Å². The summed E-state index contributed by atoms with van der Waals surface area (Å²) in [5.41, 5.74) is 1.13. The van der Waals surface area contributed by atoms with Gasteiger partial charge < -0.3 is 25.2 Å². The molecule has 0 radical (unpaired) electrons. The quantitative estimate of drug-likeness (QED) is 0.416. The zero-order chi connectivity index (χ0) is 14.6. The molecule has 0 amide bonds. The van der Waals surface area contributed by atoms with E-state index in [4.69, 9.17) is 14.6 Å². The third-order valence-corrected chi connectivity index (χ3v) is 2.68. The molecule has 3 N–H and O–H groups in total. The number of ether oxygens (including phenoxy) is 2. The lowest BCUT2D eigenvalue weighted by molar-refractivity contribution is 0.292. The third kappa shape index (κ3) is 6.06. The Kier molecular flexibility index (Phi) is 8.46. The average Bonchev–Trinajstić information content (AvgIpc) is 2.49. The van der Waals surface area contributed by atoms with E-state index in [1.807, 2.05) is 18.2 Å². The van der Waals surface area contributed by atoms with Crippen molar-refractivity contribution >= 4 is 0 Å². The minimum absolute atomic E-state index is 0.170. The van der Waals surface area contributed by atoms with Gasteiger partial charge in [0.1, 0.15) is 6.61 Å². The molecule has 0 spiro atoms. The minimum atomic E-state index is 0.170. The summed E-state index contributed by atoms with van der Waals surface area (Å²) in [4.78, 5) is 0. The zero-order valence-electron chi connectivity index (χ0n) is 12.0. The van der Waals surface area contributed by atoms with Crippen LogP contribution < -0.4 is 20.1 Å². The SMILES string of the molecule is C=CCOc1ccc(CNCCNCCO)cc1OC. The molecule has 112 valence electrons. The van der Waals surface area contributed by atoms with Gasteiger partial charge in [-0.1, -0.05) is 18.7 Å². The van der Waals surface area contributed by atoms with Gasteiger partial charge in [-0.3, -0.25) is 0 Å². The van der Waals surface area contributed by atoms with Crippen LogP contribution in [0.1, 0.15) is 5.56 Å². The van der Waals surface area contributed by atoms with E-state index < -0.39 is 0 Å². The van der Waals surface area contributed by atoms with Gasteiger partial charge in [0.2, 0.25) is 0 Å². The molecule has 0 heterocycles. The van der Waals surface area contributed by atoms with Crippen molar-refractivity contribution in [3.63, 3.8) is 0 Å². The van der Waals surface area contributed by atoms with Crippen LogP contribution in [0.4, 0.5) is 0 Å². The van der Waals surface area contributed by atoms with Gasteiger partial charge in [-0.15, -0.1) is 0 Å². The normalized spacial score (nSPS) is 10.3. The Bertz CT molecular complexity index is 397. The summed E-state index contributed by atoms with van der Waals surface area (Å²) in [6, 6.07) is 5.88. The van der Waals surface area contributed by atoms with Gasteiger partial charge in [0.05, 0.1) is 13.7 Å². The molecule has 5 nitrogen and oxygen atoms in total. The van der Waals surface area contributed by atoms with Crippen LogP contribution in [-0.4, -0.2) is 45.1 Å². The van der Waals surface area contributed by atoms with Crippen LogP contribution in [0.3, 0.4) is 0 Å². The fourth-order valence-electron chi connectivity index (χ4n) is 1.70. The summed E-state index contributed by atoms with van der Waals surface area (Å²) in [6.07, 6.45) is 1.70. The van der Waals surface area contributed by atoms with Crippen LogP contribution in [0.25, 0.3) is 0 Å². The number of benzene rings is 1. The lowest BCUT2D eigenvalue weighted by atomic mass is 10.2. The number of methoxy groups -OCH3 is 1. The van der Waals surface area contributed by atoms with Gasteiger partial charge >= 0.3 is 0 Å². The monoisotopic (exact) mass is 280 g/mol. The number of hydrogen-bond donors (Lipinski definition) is 3. The number of aliphatic hydroxyl groups excluding tert-OH is 1. The van der Waals surface area contributed by atoms with Crippen LogP contribution in [-0.2, 0) is 6.54 Å². The van der Waals surface area contributed by atoms with Crippen molar-refractivity contribution in [2.45, 2.75) is 6.54 Å². The van der Waals surface area contributed by atoms with Crippen LogP contribution in [0.15, 0.2) is 30.9 Å². The van der Waals surface area contributed by atoms with Crippen molar-refractivity contribution in [3.8, 4) is 11.5 Å². The topological polar surface area (TPSA) is 62.8 Å². The first kappa shape index (κ1) is 16.5. The molecule has 0 fully saturated rings. The Labute approximate surface area is 120 Å². The van der Waals surface area contributed by atoms with Crippen molar-refractivity contribution < 1.29 is 14.6 Å². The molecule has 1 aromatic carbocycles. The highest BCUT2D eigenvalue weighted by Crippen LogP contribution is 2.27. The summed E-state index contributed by atoms with van der Waals surface area (Å²) in [6.45, 7) is 7.32. The fraction of sp³-hybridized carbons (Fsp3) is 0.467. The summed E-state index contributed by atoms with van der Waals surface area (Å²) >= 11 is 0. The molecular formula is C15H24N2O3. The number of rotatable bonds is 11. The number of hydrogen-bond acceptors (Lipinski definition) is 5. The van der Waals surface area contributed by atoms with E-state index in [0.717, 1.165) is 36.7 Å². The van der Waals surface area contributed by atoms with Crippen molar-refractivity contribution in [1.82, 2.24) is 10.6 Å². The molecule has 0 unspecified atom stereocenters. The largest absolute Gasteiger partial charge is 0.493 e. The first-order valence-electron chi connectivity index (χ1n) is 6.74. The van der Waals surface area contributed by atoms with E-state index in [1.54, 1.807) is 13.2 Å². The molecule has 1 aromatic rings. The van der Waals surface area contributed by atoms with E-state index in [-0.39, 0.29) is 6.61 Å². The highest BCUT2D eigenvalue weighted by atomic mass is 16.5. The Balaban J connectivity index is 2.40. The van der Waals surface area contributed by atoms with Crippen molar-refractivity contribution in [2.75, 3.05) is 40.0 Å². The Morgan fingerprint density at radius 2 is 2.00 bits per heavy atom. The van der Waals surface area contributed by atoms with Gasteiger partial charge in [-0.2, -0.15) is 0 Å². The highest BCUT2D eigenvalue weighted by molar-refractivity contribution is 5.43. The maximum absolute atomic E-state index is 8.63. The molecule has 1 rings (SSSR count). The van der Waals surface area contributed by atoms with E-state index in [2.05, 4.69) is 17.2 Å². The summed E-state index contributed by atoms with van der Waals surface area (Å²) in [7, 11) is 1.63. The van der Waals surface area contributed by atoms with Gasteiger partial charge in [0.15, 0.2) is 11.5 Å². The van der Waals surface area contributed by atoms with Gasteiger partial charge in [-0.25, -0.2) is 0 Å². The molecule has 0 bridgehead atoms. The van der Waals surface area contributed by atoms with E-state index in [0.29, 0.717) is 13.2 Å². The smallest absolute Gasteiger partial charge is 0.161 e. The van der Waals surface area contributed by atoms with Gasteiger partial charge in [-0.05, 0) is 17.7 Å². The van der Waals surface area contributed by atoms with E-state index in [1.165, 1.54) is 0 Å². The number of aliphatic hydroxyl groups is 1.